The Bertz CT molecular complexity index is 603. The summed E-state index contributed by atoms with van der Waals surface area (Å²) in [6, 6.07) is 6.13. The molecule has 0 spiro atoms. The van der Waals surface area contributed by atoms with E-state index in [1.165, 1.54) is 38.4 Å². The summed E-state index contributed by atoms with van der Waals surface area (Å²) in [5.41, 5.74) is 0.763. The van der Waals surface area contributed by atoms with Crippen LogP contribution >= 0.6 is 15.9 Å². The molecule has 0 bridgehead atoms. The molecule has 1 aliphatic carbocycles. The molecule has 2 aliphatic rings. The van der Waals surface area contributed by atoms with Crippen molar-refractivity contribution in [2.24, 2.45) is 10.9 Å². The number of rotatable bonds is 7. The number of hydrogen-bond donors (Lipinski definition) is 2. The minimum Gasteiger partial charge on any atom is -0.356 e. The van der Waals surface area contributed by atoms with Crippen LogP contribution in [0.5, 0.6) is 0 Å². The minimum atomic E-state index is -0.140. The summed E-state index contributed by atoms with van der Waals surface area (Å²) >= 11 is 3.29. The molecule has 2 N–H and O–H groups in total. The first-order valence-electron chi connectivity index (χ1n) is 9.28. The normalized spacial score (nSPS) is 21.6. The van der Waals surface area contributed by atoms with Gasteiger partial charge in [-0.3, -0.25) is 4.99 Å². The van der Waals surface area contributed by atoms with Gasteiger partial charge in [-0.2, -0.15) is 0 Å². The fourth-order valence-corrected chi connectivity index (χ4v) is 3.81. The summed E-state index contributed by atoms with van der Waals surface area (Å²) in [5, 5.41) is 6.78. The van der Waals surface area contributed by atoms with E-state index in [1.54, 1.807) is 7.05 Å². The standard InChI is InChI=1S/C19H28BrFN4/c1-22-19(24-12-14-8-10-25(13-14)17-6-7-17)23-9-2-3-15-4-5-16(20)11-18(15)21/h4-5,11,14,17H,2-3,6-10,12-13H2,1H3,(H2,22,23,24). The van der Waals surface area contributed by atoms with Crippen molar-refractivity contribution in [2.75, 3.05) is 33.2 Å². The molecule has 1 unspecified atom stereocenters. The van der Waals surface area contributed by atoms with E-state index in [0.717, 1.165) is 53.9 Å². The van der Waals surface area contributed by atoms with Crippen molar-refractivity contribution in [3.8, 4) is 0 Å². The second-order valence-corrected chi connectivity index (χ2v) is 8.02. The summed E-state index contributed by atoms with van der Waals surface area (Å²) in [6.45, 7) is 4.23. The second-order valence-electron chi connectivity index (χ2n) is 7.10. The molecule has 4 nitrogen and oxygen atoms in total. The molecule has 2 fully saturated rings. The van der Waals surface area contributed by atoms with Gasteiger partial charge in [-0.05, 0) is 62.3 Å². The molecule has 1 aromatic carbocycles. The smallest absolute Gasteiger partial charge is 0.190 e. The van der Waals surface area contributed by atoms with Crippen molar-refractivity contribution in [3.05, 3.63) is 34.1 Å². The molecular formula is C19H28BrFN4. The zero-order valence-corrected chi connectivity index (χ0v) is 16.5. The van der Waals surface area contributed by atoms with E-state index >= 15 is 0 Å². The predicted octanol–water partition coefficient (Wildman–Crippen LogP) is 3.17. The van der Waals surface area contributed by atoms with Gasteiger partial charge in [0.05, 0.1) is 0 Å². The quantitative estimate of drug-likeness (QED) is 0.411. The lowest BCUT2D eigenvalue weighted by Crippen LogP contribution is -2.40. The van der Waals surface area contributed by atoms with Crippen molar-refractivity contribution in [1.29, 1.82) is 0 Å². The maximum absolute atomic E-state index is 13.8. The molecule has 138 valence electrons. The zero-order valence-electron chi connectivity index (χ0n) is 14.9. The minimum absolute atomic E-state index is 0.140. The Balaban J connectivity index is 1.32. The molecule has 0 radical (unpaired) electrons. The summed E-state index contributed by atoms with van der Waals surface area (Å²) in [6.07, 6.45) is 5.66. The molecule has 25 heavy (non-hydrogen) atoms. The fourth-order valence-electron chi connectivity index (χ4n) is 3.47. The number of halogens is 2. The monoisotopic (exact) mass is 410 g/mol. The van der Waals surface area contributed by atoms with Crippen LogP contribution < -0.4 is 10.6 Å². The SMILES string of the molecule is CN=C(NCCCc1ccc(Br)cc1F)NCC1CCN(C2CC2)C1. The first kappa shape index (κ1) is 18.6. The molecule has 0 aromatic heterocycles. The number of aliphatic imine (C=N–C) groups is 1. The average Bonchev–Trinajstić information content (AvgIpc) is 3.34. The number of likely N-dealkylation sites (tertiary alicyclic amines) is 1. The van der Waals surface area contributed by atoms with Gasteiger partial charge >= 0.3 is 0 Å². The average molecular weight is 411 g/mol. The van der Waals surface area contributed by atoms with Gasteiger partial charge < -0.3 is 15.5 Å². The molecule has 3 rings (SSSR count). The first-order chi connectivity index (χ1) is 12.2. The van der Waals surface area contributed by atoms with Crippen LogP contribution in [0.15, 0.2) is 27.7 Å². The number of aryl methyl sites for hydroxylation is 1. The van der Waals surface area contributed by atoms with Gasteiger partial charge in [0.25, 0.3) is 0 Å². The molecule has 0 amide bonds. The van der Waals surface area contributed by atoms with Crippen LogP contribution in [0.4, 0.5) is 4.39 Å². The van der Waals surface area contributed by atoms with Gasteiger partial charge in [0, 0.05) is 37.2 Å². The molecule has 1 aromatic rings. The topological polar surface area (TPSA) is 39.7 Å². The van der Waals surface area contributed by atoms with Gasteiger partial charge in [0.1, 0.15) is 5.82 Å². The Hall–Kier alpha value is -1.14. The van der Waals surface area contributed by atoms with Crippen LogP contribution in [0.25, 0.3) is 0 Å². The third kappa shape index (κ3) is 5.68. The fraction of sp³-hybridized carbons (Fsp3) is 0.632. The summed E-state index contributed by atoms with van der Waals surface area (Å²) in [7, 11) is 1.80. The largest absolute Gasteiger partial charge is 0.356 e. The highest BCUT2D eigenvalue weighted by atomic mass is 79.9. The van der Waals surface area contributed by atoms with Gasteiger partial charge in [-0.25, -0.2) is 4.39 Å². The first-order valence-corrected chi connectivity index (χ1v) is 10.1. The van der Waals surface area contributed by atoms with E-state index in [2.05, 4.69) is 36.5 Å². The molecule has 1 saturated carbocycles. The summed E-state index contributed by atoms with van der Waals surface area (Å²) in [4.78, 5) is 6.92. The molecule has 1 heterocycles. The van der Waals surface area contributed by atoms with Gasteiger partial charge in [0.15, 0.2) is 5.96 Å². The Morgan fingerprint density at radius 2 is 2.16 bits per heavy atom. The maximum atomic E-state index is 13.8. The van der Waals surface area contributed by atoms with Crippen LogP contribution in [0.3, 0.4) is 0 Å². The van der Waals surface area contributed by atoms with E-state index in [0.29, 0.717) is 0 Å². The lowest BCUT2D eigenvalue weighted by atomic mass is 10.1. The number of guanidine groups is 1. The van der Waals surface area contributed by atoms with Crippen LogP contribution in [0.1, 0.15) is 31.2 Å². The number of hydrogen-bond acceptors (Lipinski definition) is 2. The van der Waals surface area contributed by atoms with Crippen LogP contribution in [-0.2, 0) is 6.42 Å². The van der Waals surface area contributed by atoms with E-state index < -0.39 is 0 Å². The Morgan fingerprint density at radius 3 is 2.88 bits per heavy atom. The lowest BCUT2D eigenvalue weighted by molar-refractivity contribution is 0.314. The van der Waals surface area contributed by atoms with E-state index in [1.807, 2.05) is 12.1 Å². The van der Waals surface area contributed by atoms with Crippen LogP contribution in [-0.4, -0.2) is 50.1 Å². The lowest BCUT2D eigenvalue weighted by Gasteiger charge is -2.17. The third-order valence-electron chi connectivity index (χ3n) is 5.09. The van der Waals surface area contributed by atoms with Gasteiger partial charge in [-0.1, -0.05) is 22.0 Å². The van der Waals surface area contributed by atoms with Crippen molar-refractivity contribution in [3.63, 3.8) is 0 Å². The number of nitrogens with zero attached hydrogens (tertiary/aromatic N) is 2. The molecule has 1 aliphatic heterocycles. The van der Waals surface area contributed by atoms with E-state index in [-0.39, 0.29) is 5.82 Å². The Morgan fingerprint density at radius 1 is 1.32 bits per heavy atom. The number of benzene rings is 1. The predicted molar refractivity (Wildman–Crippen MR) is 104 cm³/mol. The molecule has 1 atom stereocenters. The van der Waals surface area contributed by atoms with Crippen molar-refractivity contribution >= 4 is 21.9 Å². The van der Waals surface area contributed by atoms with Crippen LogP contribution in [0, 0.1) is 11.7 Å². The summed E-state index contributed by atoms with van der Waals surface area (Å²) < 4.78 is 14.6. The van der Waals surface area contributed by atoms with Gasteiger partial charge in [0.2, 0.25) is 0 Å². The van der Waals surface area contributed by atoms with E-state index in [4.69, 9.17) is 0 Å². The number of nitrogens with one attached hydrogen (secondary N) is 2. The molecule has 6 heteroatoms. The third-order valence-corrected chi connectivity index (χ3v) is 5.59. The second kappa shape index (κ2) is 8.99. The zero-order chi connectivity index (χ0) is 17.6. The van der Waals surface area contributed by atoms with Gasteiger partial charge in [-0.15, -0.1) is 0 Å². The van der Waals surface area contributed by atoms with Crippen molar-refractivity contribution in [1.82, 2.24) is 15.5 Å². The molecular weight excluding hydrogens is 383 g/mol. The Kier molecular flexibility index (Phi) is 6.70. The van der Waals surface area contributed by atoms with Crippen molar-refractivity contribution < 1.29 is 4.39 Å². The summed E-state index contributed by atoms with van der Waals surface area (Å²) in [5.74, 6) is 1.43. The highest BCUT2D eigenvalue weighted by Gasteiger charge is 2.34. The molecule has 1 saturated heterocycles. The highest BCUT2D eigenvalue weighted by molar-refractivity contribution is 9.10. The Labute approximate surface area is 158 Å². The van der Waals surface area contributed by atoms with E-state index in [9.17, 15) is 4.39 Å². The van der Waals surface area contributed by atoms with Crippen molar-refractivity contribution in [2.45, 2.75) is 38.1 Å². The van der Waals surface area contributed by atoms with Crippen LogP contribution in [0.2, 0.25) is 0 Å². The highest BCUT2D eigenvalue weighted by Crippen LogP contribution is 2.31. The maximum Gasteiger partial charge on any atom is 0.190 e.